The van der Waals surface area contributed by atoms with Crippen LogP contribution < -0.4 is 5.01 Å². The van der Waals surface area contributed by atoms with Gasteiger partial charge in [0, 0.05) is 43.8 Å². The molecule has 0 saturated carbocycles. The van der Waals surface area contributed by atoms with Crippen molar-refractivity contribution in [3.63, 3.8) is 0 Å². The lowest BCUT2D eigenvalue weighted by Gasteiger charge is -2.39. The molecule has 0 N–H and O–H groups in total. The van der Waals surface area contributed by atoms with Crippen molar-refractivity contribution in [3.8, 4) is 11.1 Å². The third-order valence-electron chi connectivity index (χ3n) is 5.12. The molecule has 1 aromatic carbocycles. The molecule has 0 spiro atoms. The predicted octanol–water partition coefficient (Wildman–Crippen LogP) is 3.49. The molecule has 5 rings (SSSR count). The number of hydrogen-bond donors (Lipinski definition) is 0. The highest BCUT2D eigenvalue weighted by Gasteiger charge is 2.30. The van der Waals surface area contributed by atoms with Crippen molar-refractivity contribution in [2.75, 3.05) is 18.6 Å². The molecule has 8 heteroatoms. The lowest BCUT2D eigenvalue weighted by Crippen LogP contribution is -2.48. The number of pyridine rings is 1. The van der Waals surface area contributed by atoms with Crippen LogP contribution >= 0.6 is 11.6 Å². The zero-order valence-corrected chi connectivity index (χ0v) is 16.4. The van der Waals surface area contributed by atoms with E-state index in [1.165, 1.54) is 16.3 Å². The van der Waals surface area contributed by atoms with Crippen LogP contribution in [0.3, 0.4) is 0 Å². The quantitative estimate of drug-likeness (QED) is 0.511. The van der Waals surface area contributed by atoms with Crippen LogP contribution in [-0.2, 0) is 6.42 Å². The number of para-hydroxylation sites is 1. The van der Waals surface area contributed by atoms with E-state index in [1.54, 1.807) is 29.7 Å². The Labute approximate surface area is 172 Å². The number of halogens is 1. The van der Waals surface area contributed by atoms with Gasteiger partial charge >= 0.3 is 0 Å². The van der Waals surface area contributed by atoms with E-state index < -0.39 is 0 Å². The normalized spacial score (nSPS) is 13.6. The van der Waals surface area contributed by atoms with Gasteiger partial charge in [-0.1, -0.05) is 29.8 Å². The van der Waals surface area contributed by atoms with E-state index in [0.717, 1.165) is 23.2 Å². The molecule has 1 aliphatic heterocycles. The number of fused-ring (bicyclic) bond motifs is 2. The second-order valence-electron chi connectivity index (χ2n) is 6.86. The largest absolute Gasteiger partial charge is 0.292 e. The Kier molecular flexibility index (Phi) is 4.17. The van der Waals surface area contributed by atoms with E-state index in [4.69, 9.17) is 11.6 Å². The number of amides is 1. The van der Waals surface area contributed by atoms with Gasteiger partial charge in [0.2, 0.25) is 0 Å². The molecule has 0 bridgehead atoms. The monoisotopic (exact) mass is 404 g/mol. The first-order valence-electron chi connectivity index (χ1n) is 9.20. The summed E-state index contributed by atoms with van der Waals surface area (Å²) in [6.45, 7) is 0.574. The number of nitrogens with zero attached hydrogens (tertiary/aromatic N) is 6. The first-order chi connectivity index (χ1) is 14.1. The molecular weight excluding hydrogens is 388 g/mol. The Morgan fingerprint density at radius 2 is 2.00 bits per heavy atom. The maximum atomic E-state index is 13.3. The van der Waals surface area contributed by atoms with Crippen molar-refractivity contribution < 1.29 is 4.79 Å². The fraction of sp³-hybridized carbons (Fsp3) is 0.143. The Morgan fingerprint density at radius 3 is 2.83 bits per heavy atom. The molecular formula is C21H17ClN6O. The van der Waals surface area contributed by atoms with Crippen LogP contribution in [0.2, 0.25) is 5.02 Å². The zero-order chi connectivity index (χ0) is 20.0. The van der Waals surface area contributed by atoms with Crippen LogP contribution in [0.5, 0.6) is 0 Å². The van der Waals surface area contributed by atoms with Crippen LogP contribution in [0.1, 0.15) is 16.1 Å². The van der Waals surface area contributed by atoms with E-state index in [2.05, 4.69) is 33.3 Å². The molecule has 1 amide bonds. The van der Waals surface area contributed by atoms with Gasteiger partial charge in [0.15, 0.2) is 11.3 Å². The van der Waals surface area contributed by atoms with Crippen molar-refractivity contribution in [2.45, 2.75) is 6.42 Å². The predicted molar refractivity (Wildman–Crippen MR) is 111 cm³/mol. The average molecular weight is 405 g/mol. The third kappa shape index (κ3) is 3.00. The SMILES string of the molecule is CN1c2c(cccc2-c2ccncc2)CCN1C(=O)c1cc2ncc(Cl)cn2n1. The molecule has 4 heterocycles. The Hall–Kier alpha value is -3.45. The molecule has 0 fully saturated rings. The highest BCUT2D eigenvalue weighted by Crippen LogP contribution is 2.37. The van der Waals surface area contributed by atoms with Gasteiger partial charge in [-0.3, -0.25) is 14.8 Å². The molecule has 0 saturated heterocycles. The summed E-state index contributed by atoms with van der Waals surface area (Å²) in [6, 6.07) is 11.8. The molecule has 0 radical (unpaired) electrons. The van der Waals surface area contributed by atoms with Gasteiger partial charge in [-0.05, 0) is 29.7 Å². The van der Waals surface area contributed by atoms with Crippen LogP contribution in [0, 0.1) is 0 Å². The van der Waals surface area contributed by atoms with Crippen LogP contribution in [0.15, 0.2) is 61.2 Å². The smallest absolute Gasteiger partial charge is 0.285 e. The Morgan fingerprint density at radius 1 is 1.17 bits per heavy atom. The zero-order valence-electron chi connectivity index (χ0n) is 15.7. The molecule has 0 unspecified atom stereocenters. The minimum atomic E-state index is -0.177. The van der Waals surface area contributed by atoms with Crippen LogP contribution in [0.25, 0.3) is 16.8 Å². The van der Waals surface area contributed by atoms with E-state index in [1.807, 2.05) is 24.2 Å². The summed E-state index contributed by atoms with van der Waals surface area (Å²) in [5.41, 5.74) is 5.25. The topological polar surface area (TPSA) is 66.6 Å². The highest BCUT2D eigenvalue weighted by atomic mass is 35.5. The maximum absolute atomic E-state index is 13.3. The summed E-state index contributed by atoms with van der Waals surface area (Å²) < 4.78 is 1.52. The highest BCUT2D eigenvalue weighted by molar-refractivity contribution is 6.30. The van der Waals surface area contributed by atoms with Crippen molar-refractivity contribution in [1.29, 1.82) is 0 Å². The summed E-state index contributed by atoms with van der Waals surface area (Å²) >= 11 is 5.98. The molecule has 7 nitrogen and oxygen atoms in total. The number of hydrogen-bond acceptors (Lipinski definition) is 5. The summed E-state index contributed by atoms with van der Waals surface area (Å²) in [4.78, 5) is 21.6. The number of carbonyl (C=O) groups is 1. The summed E-state index contributed by atoms with van der Waals surface area (Å²) in [7, 11) is 1.91. The van der Waals surface area contributed by atoms with Gasteiger partial charge in [-0.25, -0.2) is 14.5 Å². The van der Waals surface area contributed by atoms with E-state index in [0.29, 0.717) is 22.9 Å². The summed E-state index contributed by atoms with van der Waals surface area (Å²) in [6.07, 6.45) is 7.49. The van der Waals surface area contributed by atoms with Gasteiger partial charge in [0.1, 0.15) is 0 Å². The number of carbonyl (C=O) groups excluding carboxylic acids is 1. The molecule has 1 aliphatic rings. The van der Waals surface area contributed by atoms with Crippen molar-refractivity contribution in [2.24, 2.45) is 0 Å². The second-order valence-corrected chi connectivity index (χ2v) is 7.29. The Bertz CT molecular complexity index is 1220. The number of hydrazine groups is 1. The van der Waals surface area contributed by atoms with Crippen LogP contribution in [-0.4, -0.2) is 44.1 Å². The summed E-state index contributed by atoms with van der Waals surface area (Å²) in [5.74, 6) is -0.177. The minimum Gasteiger partial charge on any atom is -0.285 e. The fourth-order valence-corrected chi connectivity index (χ4v) is 3.91. The lowest BCUT2D eigenvalue weighted by molar-refractivity contribution is 0.0732. The fourth-order valence-electron chi connectivity index (χ4n) is 3.77. The van der Waals surface area contributed by atoms with Crippen molar-refractivity contribution in [1.82, 2.24) is 24.6 Å². The Balaban J connectivity index is 1.53. The summed E-state index contributed by atoms with van der Waals surface area (Å²) in [5, 5.41) is 8.46. The first kappa shape index (κ1) is 17.6. The van der Waals surface area contributed by atoms with Gasteiger partial charge < -0.3 is 0 Å². The molecule has 4 aromatic rings. The van der Waals surface area contributed by atoms with Gasteiger partial charge in [0.25, 0.3) is 5.91 Å². The molecule has 3 aromatic heterocycles. The van der Waals surface area contributed by atoms with E-state index in [9.17, 15) is 4.79 Å². The van der Waals surface area contributed by atoms with Gasteiger partial charge in [-0.15, -0.1) is 0 Å². The number of anilines is 1. The van der Waals surface area contributed by atoms with Crippen molar-refractivity contribution >= 4 is 28.8 Å². The molecule has 0 atom stereocenters. The number of benzene rings is 1. The molecule has 29 heavy (non-hydrogen) atoms. The van der Waals surface area contributed by atoms with Crippen LogP contribution in [0.4, 0.5) is 5.69 Å². The maximum Gasteiger partial charge on any atom is 0.292 e. The molecule has 144 valence electrons. The van der Waals surface area contributed by atoms with E-state index >= 15 is 0 Å². The minimum absolute atomic E-state index is 0.177. The standard InChI is InChI=1S/C21H17ClN6O/c1-26-20-15(3-2-4-17(20)14-5-8-23-9-6-14)7-10-28(26)21(29)18-11-19-24-12-16(22)13-27(19)25-18/h2-6,8-9,11-13H,7,10H2,1H3. The van der Waals surface area contributed by atoms with E-state index in [-0.39, 0.29) is 5.91 Å². The third-order valence-corrected chi connectivity index (χ3v) is 5.32. The van der Waals surface area contributed by atoms with Crippen molar-refractivity contribution in [3.05, 3.63) is 77.5 Å². The number of rotatable bonds is 2. The average Bonchev–Trinajstić information content (AvgIpc) is 3.17. The second kappa shape index (κ2) is 6.86. The molecule has 0 aliphatic carbocycles. The van der Waals surface area contributed by atoms with Gasteiger partial charge in [-0.2, -0.15) is 5.10 Å². The number of aromatic nitrogens is 4. The first-order valence-corrected chi connectivity index (χ1v) is 9.58. The lowest BCUT2D eigenvalue weighted by atomic mass is 9.97. The van der Waals surface area contributed by atoms with Gasteiger partial charge in [0.05, 0.1) is 16.9 Å².